The highest BCUT2D eigenvalue weighted by molar-refractivity contribution is 7.09. The molecule has 1 fully saturated rings. The highest BCUT2D eigenvalue weighted by Crippen LogP contribution is 2.27. The van der Waals surface area contributed by atoms with Crippen molar-refractivity contribution in [1.82, 2.24) is 24.5 Å². The average Bonchev–Trinajstić information content (AvgIpc) is 3.48. The molecule has 33 heavy (non-hydrogen) atoms. The predicted octanol–water partition coefficient (Wildman–Crippen LogP) is 4.49. The van der Waals surface area contributed by atoms with E-state index in [1.54, 1.807) is 17.4 Å². The lowest BCUT2D eigenvalue weighted by Gasteiger charge is -2.31. The van der Waals surface area contributed by atoms with Gasteiger partial charge in [0.1, 0.15) is 18.2 Å². The molecule has 0 spiro atoms. The minimum absolute atomic E-state index is 0.00144. The summed E-state index contributed by atoms with van der Waals surface area (Å²) in [5.74, 6) is 1.82. The first kappa shape index (κ1) is 21.3. The summed E-state index contributed by atoms with van der Waals surface area (Å²) in [6.45, 7) is 3.77. The van der Waals surface area contributed by atoms with Gasteiger partial charge in [-0.3, -0.25) is 9.20 Å². The minimum Gasteiger partial charge on any atom is -0.487 e. The fraction of sp³-hybridized carbons (Fsp3) is 0.280. The number of aromatic nitrogens is 4. The van der Waals surface area contributed by atoms with E-state index in [4.69, 9.17) is 4.74 Å². The van der Waals surface area contributed by atoms with Crippen LogP contribution in [-0.2, 0) is 11.4 Å². The number of para-hydroxylation sites is 1. The smallest absolute Gasteiger partial charge is 0.246 e. The van der Waals surface area contributed by atoms with Gasteiger partial charge < -0.3 is 9.64 Å². The Labute approximate surface area is 196 Å². The van der Waals surface area contributed by atoms with Gasteiger partial charge in [-0.15, -0.1) is 21.5 Å². The molecular weight excluding hydrogens is 434 g/mol. The summed E-state index contributed by atoms with van der Waals surface area (Å²) in [7, 11) is 0. The maximum atomic E-state index is 13.0. The van der Waals surface area contributed by atoms with Crippen molar-refractivity contribution in [1.29, 1.82) is 0 Å². The number of thiazole rings is 1. The Morgan fingerprint density at radius 2 is 2.09 bits per heavy atom. The van der Waals surface area contributed by atoms with E-state index in [0.29, 0.717) is 13.2 Å². The predicted molar refractivity (Wildman–Crippen MR) is 128 cm³/mol. The van der Waals surface area contributed by atoms with Crippen LogP contribution in [0.2, 0.25) is 0 Å². The fourth-order valence-corrected chi connectivity index (χ4v) is 4.77. The van der Waals surface area contributed by atoms with Gasteiger partial charge in [-0.2, -0.15) is 0 Å². The summed E-state index contributed by atoms with van der Waals surface area (Å²) in [5, 5.41) is 11.7. The Kier molecular flexibility index (Phi) is 6.17. The molecule has 1 aliphatic heterocycles. The normalized spacial score (nSPS) is 16.5. The molecule has 1 aliphatic rings. The topological polar surface area (TPSA) is 72.6 Å². The first-order valence-corrected chi connectivity index (χ1v) is 11.9. The molecule has 0 radical (unpaired) electrons. The number of fused-ring (bicyclic) bond motifs is 1. The van der Waals surface area contributed by atoms with Crippen LogP contribution in [0.5, 0.6) is 5.75 Å². The number of pyridine rings is 1. The zero-order valence-electron chi connectivity index (χ0n) is 18.4. The van der Waals surface area contributed by atoms with E-state index < -0.39 is 0 Å². The second kappa shape index (κ2) is 9.54. The molecule has 5 rings (SSSR count). The van der Waals surface area contributed by atoms with Crippen molar-refractivity contribution in [2.45, 2.75) is 32.3 Å². The standard InChI is InChI=1S/C25H25N5O2S/c1-18-26-21(17-33-18)16-32-22-9-3-2-7-19(22)11-12-24(31)29-13-6-8-20(15-29)25-28-27-23-10-4-5-14-30(23)25/h2-5,7,9-12,14,17,20H,6,8,13,15-16H2,1H3/b12-11+. The zero-order valence-corrected chi connectivity index (χ0v) is 19.2. The number of nitrogens with zero attached hydrogens (tertiary/aromatic N) is 5. The summed E-state index contributed by atoms with van der Waals surface area (Å²) >= 11 is 1.61. The third kappa shape index (κ3) is 4.80. The van der Waals surface area contributed by atoms with Gasteiger partial charge in [0.2, 0.25) is 5.91 Å². The second-order valence-electron chi connectivity index (χ2n) is 8.13. The van der Waals surface area contributed by atoms with E-state index in [2.05, 4.69) is 15.2 Å². The Balaban J connectivity index is 1.26. The molecule has 0 aliphatic carbocycles. The van der Waals surface area contributed by atoms with Crippen molar-refractivity contribution in [2.24, 2.45) is 0 Å². The first-order chi connectivity index (χ1) is 16.2. The molecule has 3 aromatic heterocycles. The van der Waals surface area contributed by atoms with Gasteiger partial charge in [-0.1, -0.05) is 24.3 Å². The number of amides is 1. The molecule has 0 saturated carbocycles. The van der Waals surface area contributed by atoms with E-state index in [9.17, 15) is 4.79 Å². The molecule has 1 aromatic carbocycles. The van der Waals surface area contributed by atoms with Crippen LogP contribution in [0.3, 0.4) is 0 Å². The Bertz CT molecular complexity index is 1290. The number of carbonyl (C=O) groups is 1. The molecular formula is C25H25N5O2S. The van der Waals surface area contributed by atoms with E-state index in [0.717, 1.165) is 52.9 Å². The van der Waals surface area contributed by atoms with Gasteiger partial charge in [-0.25, -0.2) is 4.98 Å². The number of carbonyl (C=O) groups excluding carboxylic acids is 1. The summed E-state index contributed by atoms with van der Waals surface area (Å²) in [6, 6.07) is 13.6. The fourth-order valence-electron chi connectivity index (χ4n) is 4.17. The molecule has 0 N–H and O–H groups in total. The van der Waals surface area contributed by atoms with Crippen LogP contribution in [0.1, 0.15) is 40.8 Å². The molecule has 0 bridgehead atoms. The zero-order chi connectivity index (χ0) is 22.6. The van der Waals surface area contributed by atoms with Gasteiger partial charge in [0, 0.05) is 42.2 Å². The van der Waals surface area contributed by atoms with Crippen LogP contribution in [0.4, 0.5) is 0 Å². The van der Waals surface area contributed by atoms with E-state index in [1.807, 2.05) is 76.3 Å². The van der Waals surface area contributed by atoms with Gasteiger partial charge >= 0.3 is 0 Å². The van der Waals surface area contributed by atoms with Gasteiger partial charge in [0.25, 0.3) is 0 Å². The van der Waals surface area contributed by atoms with Crippen LogP contribution >= 0.6 is 11.3 Å². The van der Waals surface area contributed by atoms with Crippen molar-refractivity contribution >= 4 is 29.0 Å². The van der Waals surface area contributed by atoms with E-state index >= 15 is 0 Å². The molecule has 1 amide bonds. The van der Waals surface area contributed by atoms with Gasteiger partial charge in [0.15, 0.2) is 5.65 Å². The molecule has 1 saturated heterocycles. The monoisotopic (exact) mass is 459 g/mol. The number of ether oxygens (including phenoxy) is 1. The molecule has 1 atom stereocenters. The second-order valence-corrected chi connectivity index (χ2v) is 9.19. The largest absolute Gasteiger partial charge is 0.487 e. The number of likely N-dealkylation sites (tertiary alicyclic amines) is 1. The van der Waals surface area contributed by atoms with Gasteiger partial charge in [-0.05, 0) is 44.0 Å². The van der Waals surface area contributed by atoms with Gasteiger partial charge in [0.05, 0.1) is 10.7 Å². The Morgan fingerprint density at radius 3 is 2.97 bits per heavy atom. The average molecular weight is 460 g/mol. The number of hydrogen-bond acceptors (Lipinski definition) is 6. The molecule has 4 aromatic rings. The SMILES string of the molecule is Cc1nc(COc2ccccc2/C=C/C(=O)N2CCCC(c3nnc4ccccn34)C2)cs1. The summed E-state index contributed by atoms with van der Waals surface area (Å²) < 4.78 is 7.99. The number of rotatable bonds is 6. The Hall–Kier alpha value is -3.52. The third-order valence-corrected chi connectivity index (χ3v) is 6.63. The lowest BCUT2D eigenvalue weighted by atomic mass is 9.97. The number of hydrogen-bond donors (Lipinski definition) is 0. The minimum atomic E-state index is -0.00144. The van der Waals surface area contributed by atoms with Crippen LogP contribution in [0, 0.1) is 6.92 Å². The maximum Gasteiger partial charge on any atom is 0.246 e. The van der Waals surface area contributed by atoms with Crippen molar-refractivity contribution in [3.8, 4) is 5.75 Å². The lowest BCUT2D eigenvalue weighted by Crippen LogP contribution is -2.38. The number of aryl methyl sites for hydroxylation is 1. The number of benzene rings is 1. The van der Waals surface area contributed by atoms with Crippen LogP contribution in [0.25, 0.3) is 11.7 Å². The Morgan fingerprint density at radius 1 is 1.21 bits per heavy atom. The molecule has 8 heteroatoms. The maximum absolute atomic E-state index is 13.0. The number of piperidine rings is 1. The highest BCUT2D eigenvalue weighted by atomic mass is 32.1. The summed E-state index contributed by atoms with van der Waals surface area (Å²) in [6.07, 6.45) is 7.39. The lowest BCUT2D eigenvalue weighted by molar-refractivity contribution is -0.127. The van der Waals surface area contributed by atoms with Crippen LogP contribution < -0.4 is 4.74 Å². The van der Waals surface area contributed by atoms with E-state index in [1.165, 1.54) is 0 Å². The third-order valence-electron chi connectivity index (χ3n) is 5.80. The molecule has 168 valence electrons. The van der Waals surface area contributed by atoms with Crippen molar-refractivity contribution < 1.29 is 9.53 Å². The quantitative estimate of drug-likeness (QED) is 0.397. The van der Waals surface area contributed by atoms with Crippen molar-refractivity contribution in [2.75, 3.05) is 13.1 Å². The summed E-state index contributed by atoms with van der Waals surface area (Å²) in [5.41, 5.74) is 2.61. The summed E-state index contributed by atoms with van der Waals surface area (Å²) in [4.78, 5) is 19.3. The molecule has 1 unspecified atom stereocenters. The highest BCUT2D eigenvalue weighted by Gasteiger charge is 2.27. The molecule has 4 heterocycles. The first-order valence-electron chi connectivity index (χ1n) is 11.1. The molecule has 7 nitrogen and oxygen atoms in total. The van der Waals surface area contributed by atoms with Crippen molar-refractivity contribution in [3.63, 3.8) is 0 Å². The van der Waals surface area contributed by atoms with Crippen LogP contribution in [0.15, 0.2) is 60.1 Å². The van der Waals surface area contributed by atoms with Crippen molar-refractivity contribution in [3.05, 3.63) is 82.2 Å². The van der Waals surface area contributed by atoms with Crippen LogP contribution in [-0.4, -0.2) is 43.5 Å². The van der Waals surface area contributed by atoms with E-state index in [-0.39, 0.29) is 11.8 Å².